The molecule has 0 aromatic heterocycles. The Balaban J connectivity index is 2.96. The number of hydrogen-bond acceptors (Lipinski definition) is 2. The van der Waals surface area contributed by atoms with Crippen molar-refractivity contribution in [3.05, 3.63) is 35.1 Å². The molecule has 1 rings (SSSR count). The Morgan fingerprint density at radius 1 is 1.25 bits per heavy atom. The lowest BCUT2D eigenvalue weighted by Crippen LogP contribution is -2.32. The predicted molar refractivity (Wildman–Crippen MR) is 54.4 cm³/mol. The third-order valence-corrected chi connectivity index (χ3v) is 2.35. The molecule has 1 aromatic carbocycles. The van der Waals surface area contributed by atoms with Crippen molar-refractivity contribution in [3.63, 3.8) is 0 Å². The predicted octanol–water partition coefficient (Wildman–Crippen LogP) is 2.14. The average molecular weight is 233 g/mol. The summed E-state index contributed by atoms with van der Waals surface area (Å²) in [6, 6.07) is 1.24. The van der Waals surface area contributed by atoms with Crippen LogP contribution in [0.1, 0.15) is 25.5 Å². The molecule has 0 radical (unpaired) electrons. The van der Waals surface area contributed by atoms with Crippen LogP contribution in [-0.4, -0.2) is 17.7 Å². The molecule has 90 valence electrons. The van der Waals surface area contributed by atoms with Gasteiger partial charge >= 0.3 is 0 Å². The number of likely N-dealkylation sites (N-methyl/N-ethyl adjacent to an activating group) is 1. The normalized spacial score (nSPS) is 14.9. The Labute approximate surface area is 92.1 Å². The highest BCUT2D eigenvalue weighted by Gasteiger charge is 2.19. The first kappa shape index (κ1) is 13.0. The van der Waals surface area contributed by atoms with Gasteiger partial charge in [0.25, 0.3) is 0 Å². The minimum atomic E-state index is -1.52. The van der Waals surface area contributed by atoms with E-state index in [-0.39, 0.29) is 11.6 Å². The molecule has 2 atom stereocenters. The van der Waals surface area contributed by atoms with Gasteiger partial charge in [0.2, 0.25) is 0 Å². The third-order valence-electron chi connectivity index (χ3n) is 2.35. The van der Waals surface area contributed by atoms with Crippen molar-refractivity contribution >= 4 is 0 Å². The van der Waals surface area contributed by atoms with E-state index in [1.54, 1.807) is 6.92 Å². The van der Waals surface area contributed by atoms with E-state index >= 15 is 0 Å². The van der Waals surface area contributed by atoms with E-state index in [1.807, 2.05) is 6.92 Å². The van der Waals surface area contributed by atoms with Crippen molar-refractivity contribution in [2.45, 2.75) is 26.0 Å². The molecule has 0 saturated carbocycles. The Kier molecular flexibility index (Phi) is 4.32. The summed E-state index contributed by atoms with van der Waals surface area (Å²) in [5.41, 5.74) is 0.0184. The maximum absolute atomic E-state index is 12.9. The largest absolute Gasteiger partial charge is 0.387 e. The van der Waals surface area contributed by atoms with Crippen molar-refractivity contribution in [1.82, 2.24) is 5.32 Å². The minimum Gasteiger partial charge on any atom is -0.387 e. The van der Waals surface area contributed by atoms with Gasteiger partial charge in [0, 0.05) is 6.04 Å². The van der Waals surface area contributed by atoms with E-state index in [2.05, 4.69) is 5.32 Å². The molecule has 1 aromatic rings. The second-order valence-electron chi connectivity index (χ2n) is 3.59. The second-order valence-corrected chi connectivity index (χ2v) is 3.59. The van der Waals surface area contributed by atoms with Crippen LogP contribution in [0.5, 0.6) is 0 Å². The zero-order valence-corrected chi connectivity index (χ0v) is 9.10. The lowest BCUT2D eigenvalue weighted by Gasteiger charge is -2.20. The molecule has 16 heavy (non-hydrogen) atoms. The molecule has 5 heteroatoms. The summed E-state index contributed by atoms with van der Waals surface area (Å²) in [6.45, 7) is 4.13. The monoisotopic (exact) mass is 233 g/mol. The Morgan fingerprint density at radius 3 is 2.19 bits per heavy atom. The van der Waals surface area contributed by atoms with Crippen molar-refractivity contribution in [2.24, 2.45) is 0 Å². The van der Waals surface area contributed by atoms with Crippen LogP contribution in [0.3, 0.4) is 0 Å². The fourth-order valence-corrected chi connectivity index (χ4v) is 1.47. The average Bonchev–Trinajstić information content (AvgIpc) is 2.24. The maximum Gasteiger partial charge on any atom is 0.194 e. The van der Waals surface area contributed by atoms with Crippen molar-refractivity contribution in [1.29, 1.82) is 0 Å². The molecule has 0 fully saturated rings. The maximum atomic E-state index is 12.9. The summed E-state index contributed by atoms with van der Waals surface area (Å²) in [6.07, 6.45) is -1.08. The second kappa shape index (κ2) is 5.32. The van der Waals surface area contributed by atoms with Crippen LogP contribution in [-0.2, 0) is 0 Å². The fourth-order valence-electron chi connectivity index (χ4n) is 1.47. The molecule has 2 nitrogen and oxygen atoms in total. The molecule has 0 aliphatic carbocycles. The van der Waals surface area contributed by atoms with E-state index < -0.39 is 23.6 Å². The highest BCUT2D eigenvalue weighted by Crippen LogP contribution is 2.21. The molecule has 0 spiro atoms. The molecule has 2 unspecified atom stereocenters. The number of benzene rings is 1. The van der Waals surface area contributed by atoms with Crippen LogP contribution >= 0.6 is 0 Å². The molecule has 0 bridgehead atoms. The number of aliphatic hydroxyl groups is 1. The first-order valence-electron chi connectivity index (χ1n) is 5.03. The van der Waals surface area contributed by atoms with Gasteiger partial charge in [0.05, 0.1) is 6.10 Å². The van der Waals surface area contributed by atoms with Crippen LogP contribution in [0.2, 0.25) is 0 Å². The lowest BCUT2D eigenvalue weighted by atomic mass is 10.0. The summed E-state index contributed by atoms with van der Waals surface area (Å²) in [4.78, 5) is 0. The molecule has 0 heterocycles. The quantitative estimate of drug-likeness (QED) is 0.781. The molecule has 2 N–H and O–H groups in total. The van der Waals surface area contributed by atoms with E-state index in [9.17, 15) is 18.3 Å². The molecule has 0 saturated heterocycles. The smallest absolute Gasteiger partial charge is 0.194 e. The van der Waals surface area contributed by atoms with Crippen molar-refractivity contribution < 1.29 is 18.3 Å². The van der Waals surface area contributed by atoms with Gasteiger partial charge in [-0.2, -0.15) is 0 Å². The third kappa shape index (κ3) is 2.74. The van der Waals surface area contributed by atoms with Crippen LogP contribution in [0.25, 0.3) is 0 Å². The molecule has 0 aliphatic heterocycles. The Hall–Kier alpha value is -1.07. The molecular weight excluding hydrogens is 219 g/mol. The minimum absolute atomic E-state index is 0.0184. The van der Waals surface area contributed by atoms with Gasteiger partial charge in [-0.25, -0.2) is 13.2 Å². The van der Waals surface area contributed by atoms with E-state index in [1.165, 1.54) is 0 Å². The standard InChI is InChI=1S/C11H14F3NO/c1-3-15-6(2)11(16)7-4-8(12)10(14)9(13)5-7/h4-6,11,15-16H,3H2,1-2H3. The number of rotatable bonds is 4. The van der Waals surface area contributed by atoms with Crippen LogP contribution in [0, 0.1) is 17.5 Å². The topological polar surface area (TPSA) is 32.3 Å². The zero-order chi connectivity index (χ0) is 12.3. The summed E-state index contributed by atoms with van der Waals surface area (Å²) >= 11 is 0. The fraction of sp³-hybridized carbons (Fsp3) is 0.455. The van der Waals surface area contributed by atoms with E-state index in [0.717, 1.165) is 12.1 Å². The lowest BCUT2D eigenvalue weighted by molar-refractivity contribution is 0.136. The summed E-state index contributed by atoms with van der Waals surface area (Å²) in [7, 11) is 0. The van der Waals surface area contributed by atoms with Crippen LogP contribution in [0.15, 0.2) is 12.1 Å². The van der Waals surface area contributed by atoms with Gasteiger partial charge < -0.3 is 10.4 Å². The number of aliphatic hydroxyl groups excluding tert-OH is 1. The first-order chi connectivity index (χ1) is 7.47. The molecular formula is C11H14F3NO. The summed E-state index contributed by atoms with van der Waals surface area (Å²) in [5, 5.41) is 12.7. The van der Waals surface area contributed by atoms with E-state index in [0.29, 0.717) is 6.54 Å². The van der Waals surface area contributed by atoms with Crippen LogP contribution in [0.4, 0.5) is 13.2 Å². The molecule has 0 aliphatic rings. The SMILES string of the molecule is CCNC(C)C(O)c1cc(F)c(F)c(F)c1. The zero-order valence-electron chi connectivity index (χ0n) is 9.10. The number of halogens is 3. The highest BCUT2D eigenvalue weighted by molar-refractivity contribution is 5.22. The van der Waals surface area contributed by atoms with Gasteiger partial charge in [-0.15, -0.1) is 0 Å². The highest BCUT2D eigenvalue weighted by atomic mass is 19.2. The first-order valence-corrected chi connectivity index (χ1v) is 5.03. The van der Waals surface area contributed by atoms with Gasteiger partial charge in [0.1, 0.15) is 0 Å². The van der Waals surface area contributed by atoms with Crippen molar-refractivity contribution in [2.75, 3.05) is 6.54 Å². The van der Waals surface area contributed by atoms with Gasteiger partial charge in [-0.1, -0.05) is 6.92 Å². The van der Waals surface area contributed by atoms with Gasteiger partial charge in [-0.05, 0) is 31.2 Å². The van der Waals surface area contributed by atoms with Crippen LogP contribution < -0.4 is 5.32 Å². The van der Waals surface area contributed by atoms with E-state index in [4.69, 9.17) is 0 Å². The van der Waals surface area contributed by atoms with Crippen molar-refractivity contribution in [3.8, 4) is 0 Å². The van der Waals surface area contributed by atoms with Gasteiger partial charge in [-0.3, -0.25) is 0 Å². The van der Waals surface area contributed by atoms with Gasteiger partial charge in [0.15, 0.2) is 17.5 Å². The number of nitrogens with one attached hydrogen (secondary N) is 1. The Morgan fingerprint density at radius 2 is 1.75 bits per heavy atom. The summed E-state index contributed by atoms with van der Waals surface area (Å²) < 4.78 is 38.5. The molecule has 0 amide bonds. The Bertz CT molecular complexity index is 347. The number of hydrogen-bond donors (Lipinski definition) is 2. The summed E-state index contributed by atoms with van der Waals surface area (Å²) in [5.74, 6) is -4.11.